The number of nitrogens with two attached hydrogens (primary N) is 1. The fraction of sp³-hybridized carbons (Fsp3) is 0.371. The van der Waals surface area contributed by atoms with Gasteiger partial charge in [-0.05, 0) is 48.3 Å². The minimum absolute atomic E-state index is 0. The van der Waals surface area contributed by atoms with Gasteiger partial charge in [0.2, 0.25) is 17.7 Å². The molecule has 5 atom stereocenters. The molecule has 3 amide bonds. The number of hydrogen-bond donors (Lipinski definition) is 4. The van der Waals surface area contributed by atoms with Crippen molar-refractivity contribution in [1.82, 2.24) is 15.5 Å². The number of amides is 3. The van der Waals surface area contributed by atoms with Gasteiger partial charge in [-0.1, -0.05) is 84.9 Å². The van der Waals surface area contributed by atoms with E-state index in [4.69, 9.17) is 15.9 Å². The number of benzene rings is 3. The number of amidine groups is 1. The van der Waals surface area contributed by atoms with Gasteiger partial charge in [-0.25, -0.2) is 0 Å². The molecule has 2 aliphatic rings. The highest BCUT2D eigenvalue weighted by Crippen LogP contribution is 2.41. The number of halogens is 1. The molecule has 0 bridgehead atoms. The first kappa shape index (κ1) is 33.7. The third kappa shape index (κ3) is 8.71. The van der Waals surface area contributed by atoms with E-state index in [1.54, 1.807) is 17.0 Å². The fourth-order valence-electron chi connectivity index (χ4n) is 6.49. The zero-order chi connectivity index (χ0) is 31.1. The molecule has 0 unspecified atom stereocenters. The molecule has 9 nitrogen and oxygen atoms in total. The summed E-state index contributed by atoms with van der Waals surface area (Å²) in [6.45, 7) is 2.19. The molecule has 1 aliphatic heterocycles. The Labute approximate surface area is 270 Å². The van der Waals surface area contributed by atoms with Crippen LogP contribution in [-0.4, -0.2) is 52.7 Å². The van der Waals surface area contributed by atoms with Crippen LogP contribution >= 0.6 is 12.4 Å². The Balaban J connectivity index is 0.00000461. The van der Waals surface area contributed by atoms with Crippen LogP contribution in [0.1, 0.15) is 54.9 Å². The quantitative estimate of drug-likeness (QED) is 0.186. The van der Waals surface area contributed by atoms with Crippen molar-refractivity contribution in [2.75, 3.05) is 0 Å². The van der Waals surface area contributed by atoms with E-state index in [1.165, 1.54) is 6.92 Å². The van der Waals surface area contributed by atoms with Crippen molar-refractivity contribution in [2.24, 2.45) is 11.7 Å². The zero-order valence-corrected chi connectivity index (χ0v) is 26.3. The van der Waals surface area contributed by atoms with E-state index in [1.807, 2.05) is 72.8 Å². The van der Waals surface area contributed by atoms with Gasteiger partial charge in [0.05, 0.1) is 12.7 Å². The maximum Gasteiger partial charge on any atom is 0.246 e. The molecule has 5 N–H and O–H groups in total. The maximum atomic E-state index is 14.4. The summed E-state index contributed by atoms with van der Waals surface area (Å²) >= 11 is 0. The van der Waals surface area contributed by atoms with Crippen molar-refractivity contribution < 1.29 is 19.1 Å². The number of ether oxygens (including phenoxy) is 1. The number of carbonyl (C=O) groups is 3. The van der Waals surface area contributed by atoms with Crippen LogP contribution in [-0.2, 0) is 38.7 Å². The summed E-state index contributed by atoms with van der Waals surface area (Å²) in [6.07, 6.45) is 3.21. The van der Waals surface area contributed by atoms with Gasteiger partial charge in [0.15, 0.2) is 0 Å². The molecule has 0 radical (unpaired) electrons. The average Bonchev–Trinajstić information content (AvgIpc) is 3.42. The second-order valence-corrected chi connectivity index (χ2v) is 11.8. The molecule has 1 heterocycles. The van der Waals surface area contributed by atoms with E-state index >= 15 is 0 Å². The number of nitrogens with zero attached hydrogens (tertiary/aromatic N) is 1. The Hall–Kier alpha value is -4.21. The summed E-state index contributed by atoms with van der Waals surface area (Å²) < 4.78 is 6.32. The predicted octanol–water partition coefficient (Wildman–Crippen LogP) is 4.11. The van der Waals surface area contributed by atoms with E-state index in [0.29, 0.717) is 31.4 Å². The second-order valence-electron chi connectivity index (χ2n) is 11.8. The molecule has 10 heteroatoms. The van der Waals surface area contributed by atoms with Crippen molar-refractivity contribution >= 4 is 36.0 Å². The van der Waals surface area contributed by atoms with Gasteiger partial charge in [0.1, 0.15) is 17.9 Å². The Bertz CT molecular complexity index is 1450. The Morgan fingerprint density at radius 1 is 0.911 bits per heavy atom. The van der Waals surface area contributed by atoms with Crippen LogP contribution < -0.4 is 16.4 Å². The van der Waals surface area contributed by atoms with Gasteiger partial charge in [0, 0.05) is 31.5 Å². The van der Waals surface area contributed by atoms with E-state index < -0.39 is 12.1 Å². The van der Waals surface area contributed by atoms with E-state index in [9.17, 15) is 14.4 Å². The number of carbonyl (C=O) groups excluding carboxylic acids is 3. The smallest absolute Gasteiger partial charge is 0.246 e. The van der Waals surface area contributed by atoms with E-state index in [0.717, 1.165) is 29.5 Å². The summed E-state index contributed by atoms with van der Waals surface area (Å²) in [5, 5.41) is 13.5. The van der Waals surface area contributed by atoms with Gasteiger partial charge in [-0.15, -0.1) is 12.4 Å². The maximum absolute atomic E-state index is 14.4. The summed E-state index contributed by atoms with van der Waals surface area (Å²) in [4.78, 5) is 42.2. The minimum atomic E-state index is -0.798. The van der Waals surface area contributed by atoms with Crippen LogP contribution in [0.25, 0.3) is 0 Å². The number of likely N-dealkylation sites (tertiary alicyclic amines) is 1. The largest absolute Gasteiger partial charge is 0.384 e. The number of nitrogen functional groups attached to an aromatic ring is 1. The number of rotatable bonds is 11. The molecule has 0 aromatic heterocycles. The lowest BCUT2D eigenvalue weighted by molar-refractivity contribution is -0.144. The standard InChI is InChI=1S/C35H41N5O4.ClH/c1-23(41)39-30(18-24-8-4-2-5-9-24)35(43)40-31-20-29(44-22-26-10-6-3-7-11-26)17-16-28(31)19-32(40)34(42)38-21-25-12-14-27(15-13-25)33(36)37;/h2-15,28-32H,16-22H2,1H3,(H3,36,37)(H,38,42)(H,39,41);1H/t28-,29+,30+,31-,32-;/m0./s1. The highest BCUT2D eigenvalue weighted by molar-refractivity contribution is 5.95. The Kier molecular flexibility index (Phi) is 11.7. The van der Waals surface area contributed by atoms with Crippen LogP contribution in [0.2, 0.25) is 0 Å². The number of nitrogens with one attached hydrogen (secondary N) is 3. The number of hydrogen-bond acceptors (Lipinski definition) is 5. The lowest BCUT2D eigenvalue weighted by Crippen LogP contribution is -2.57. The summed E-state index contributed by atoms with van der Waals surface area (Å²) in [6, 6.07) is 25.2. The molecule has 5 rings (SSSR count). The second kappa shape index (κ2) is 15.7. The molecule has 238 valence electrons. The van der Waals surface area contributed by atoms with Crippen LogP contribution in [0.3, 0.4) is 0 Å². The summed E-state index contributed by atoms with van der Waals surface area (Å²) in [5.41, 5.74) is 9.08. The fourth-order valence-corrected chi connectivity index (χ4v) is 6.49. The van der Waals surface area contributed by atoms with Crippen molar-refractivity contribution in [3.05, 3.63) is 107 Å². The van der Waals surface area contributed by atoms with Crippen LogP contribution in [0, 0.1) is 11.3 Å². The van der Waals surface area contributed by atoms with Gasteiger partial charge in [-0.3, -0.25) is 19.8 Å². The minimum Gasteiger partial charge on any atom is -0.384 e. The highest BCUT2D eigenvalue weighted by Gasteiger charge is 2.50. The first-order valence-corrected chi connectivity index (χ1v) is 15.3. The lowest BCUT2D eigenvalue weighted by Gasteiger charge is -2.38. The molecule has 3 aromatic carbocycles. The van der Waals surface area contributed by atoms with Crippen LogP contribution in [0.4, 0.5) is 0 Å². The SMILES string of the molecule is CC(=O)N[C@H](Cc1ccccc1)C(=O)N1[C@H](C(=O)NCc2ccc(C(=N)N)cc2)C[C@@H]2CC[C@@H](OCc3ccccc3)C[C@@H]21.Cl. The van der Waals surface area contributed by atoms with Crippen LogP contribution in [0.15, 0.2) is 84.9 Å². The Morgan fingerprint density at radius 3 is 2.18 bits per heavy atom. The van der Waals surface area contributed by atoms with Crippen molar-refractivity contribution in [2.45, 2.75) is 76.4 Å². The summed E-state index contributed by atoms with van der Waals surface area (Å²) in [7, 11) is 0. The monoisotopic (exact) mass is 631 g/mol. The third-order valence-electron chi connectivity index (χ3n) is 8.70. The molecular formula is C35H42ClN5O4. The molecule has 1 aliphatic carbocycles. The van der Waals surface area contributed by atoms with Gasteiger partial charge >= 0.3 is 0 Å². The number of fused-ring (bicyclic) bond motifs is 1. The summed E-state index contributed by atoms with van der Waals surface area (Å²) in [5.74, 6) is -0.607. The average molecular weight is 632 g/mol. The van der Waals surface area contributed by atoms with E-state index in [-0.39, 0.29) is 60.6 Å². The molecular weight excluding hydrogens is 590 g/mol. The first-order chi connectivity index (χ1) is 21.3. The van der Waals surface area contributed by atoms with Gasteiger partial charge in [0.25, 0.3) is 0 Å². The van der Waals surface area contributed by atoms with Gasteiger partial charge < -0.3 is 26.0 Å². The van der Waals surface area contributed by atoms with E-state index in [2.05, 4.69) is 10.6 Å². The van der Waals surface area contributed by atoms with Crippen molar-refractivity contribution in [1.29, 1.82) is 5.41 Å². The molecule has 1 saturated carbocycles. The highest BCUT2D eigenvalue weighted by atomic mass is 35.5. The molecule has 3 aromatic rings. The topological polar surface area (TPSA) is 138 Å². The van der Waals surface area contributed by atoms with Crippen LogP contribution in [0.5, 0.6) is 0 Å². The normalized spacial score (nSPS) is 21.1. The Morgan fingerprint density at radius 2 is 1.56 bits per heavy atom. The van der Waals surface area contributed by atoms with Crippen molar-refractivity contribution in [3.8, 4) is 0 Å². The molecule has 0 spiro atoms. The van der Waals surface area contributed by atoms with Crippen molar-refractivity contribution in [3.63, 3.8) is 0 Å². The first-order valence-electron chi connectivity index (χ1n) is 15.3. The molecule has 2 fully saturated rings. The third-order valence-corrected chi connectivity index (χ3v) is 8.70. The molecule has 1 saturated heterocycles. The predicted molar refractivity (Wildman–Crippen MR) is 176 cm³/mol. The molecule has 45 heavy (non-hydrogen) atoms. The zero-order valence-electron chi connectivity index (χ0n) is 25.5. The van der Waals surface area contributed by atoms with Gasteiger partial charge in [-0.2, -0.15) is 0 Å². The lowest BCUT2D eigenvalue weighted by atomic mass is 9.83.